The lowest BCUT2D eigenvalue weighted by molar-refractivity contribution is -0.137. The van der Waals surface area contributed by atoms with Crippen LogP contribution in [0.4, 0.5) is 0 Å². The molecule has 1 aliphatic rings. The second-order valence-electron chi connectivity index (χ2n) is 6.94. The van der Waals surface area contributed by atoms with Gasteiger partial charge < -0.3 is 14.6 Å². The predicted octanol–water partition coefficient (Wildman–Crippen LogP) is 2.17. The van der Waals surface area contributed by atoms with Crippen molar-refractivity contribution in [2.75, 3.05) is 13.1 Å². The van der Waals surface area contributed by atoms with Gasteiger partial charge in [-0.15, -0.1) is 0 Å². The van der Waals surface area contributed by atoms with E-state index >= 15 is 0 Å². The average Bonchev–Trinajstić information content (AvgIpc) is 3.39. The van der Waals surface area contributed by atoms with Crippen LogP contribution in [-0.2, 0) is 11.3 Å². The molecule has 1 aliphatic heterocycles. The number of carboxylic acids is 1. The van der Waals surface area contributed by atoms with Crippen molar-refractivity contribution in [3.63, 3.8) is 0 Å². The Labute approximate surface area is 162 Å². The molecule has 0 aliphatic carbocycles. The van der Waals surface area contributed by atoms with Gasteiger partial charge in [-0.1, -0.05) is 0 Å². The van der Waals surface area contributed by atoms with E-state index in [0.29, 0.717) is 18.7 Å². The van der Waals surface area contributed by atoms with Crippen molar-refractivity contribution in [3.8, 4) is 5.69 Å². The maximum atomic E-state index is 12.9. The number of amides is 1. The molecular weight excluding hydrogens is 358 g/mol. The minimum absolute atomic E-state index is 0.00634. The summed E-state index contributed by atoms with van der Waals surface area (Å²) in [6, 6.07) is 9.33. The first kappa shape index (κ1) is 18.0. The van der Waals surface area contributed by atoms with Crippen molar-refractivity contribution in [2.45, 2.75) is 25.3 Å². The second kappa shape index (κ2) is 7.67. The summed E-state index contributed by atoms with van der Waals surface area (Å²) in [7, 11) is 0. The number of hydrogen-bond donors (Lipinski definition) is 1. The molecule has 8 nitrogen and oxygen atoms in total. The molecule has 2 aromatic heterocycles. The topological polar surface area (TPSA) is 93.2 Å². The van der Waals surface area contributed by atoms with E-state index in [1.807, 2.05) is 46.0 Å². The van der Waals surface area contributed by atoms with E-state index in [4.69, 9.17) is 5.11 Å². The minimum atomic E-state index is -0.922. The zero-order valence-corrected chi connectivity index (χ0v) is 15.3. The molecule has 4 rings (SSSR count). The molecule has 144 valence electrons. The third kappa shape index (κ3) is 3.80. The summed E-state index contributed by atoms with van der Waals surface area (Å²) in [5.41, 5.74) is 2.45. The Kier molecular flexibility index (Phi) is 4.92. The Bertz CT molecular complexity index is 962. The van der Waals surface area contributed by atoms with E-state index in [1.54, 1.807) is 18.7 Å². The number of benzene rings is 1. The number of rotatable bonds is 5. The SMILES string of the molecule is O=C(O)Cn1ccc([C@H]2CCCN(C(=O)c3ccc(-n4ccnc4)cc3)C2)n1. The number of imidazole rings is 1. The fourth-order valence-electron chi connectivity index (χ4n) is 3.60. The summed E-state index contributed by atoms with van der Waals surface area (Å²) in [6.45, 7) is 1.15. The minimum Gasteiger partial charge on any atom is -0.480 e. The molecule has 8 heteroatoms. The standard InChI is InChI=1S/C20H21N5O3/c26-19(27)13-25-10-7-18(22-25)16-2-1-9-23(12-16)20(28)15-3-5-17(6-4-15)24-11-8-21-14-24/h3-8,10-11,14,16H,1-2,9,12-13H2,(H,26,27)/t16-/m0/s1. The van der Waals surface area contributed by atoms with Gasteiger partial charge in [0.05, 0.1) is 12.0 Å². The summed E-state index contributed by atoms with van der Waals surface area (Å²) in [4.78, 5) is 29.7. The van der Waals surface area contributed by atoms with Crippen molar-refractivity contribution >= 4 is 11.9 Å². The number of hydrogen-bond acceptors (Lipinski definition) is 4. The highest BCUT2D eigenvalue weighted by atomic mass is 16.4. The predicted molar refractivity (Wildman–Crippen MR) is 101 cm³/mol. The highest BCUT2D eigenvalue weighted by Gasteiger charge is 2.27. The molecule has 1 amide bonds. The largest absolute Gasteiger partial charge is 0.480 e. The lowest BCUT2D eigenvalue weighted by Crippen LogP contribution is -2.39. The third-order valence-corrected chi connectivity index (χ3v) is 5.00. The first-order valence-electron chi connectivity index (χ1n) is 9.23. The summed E-state index contributed by atoms with van der Waals surface area (Å²) in [5.74, 6) is -0.793. The van der Waals surface area contributed by atoms with E-state index in [9.17, 15) is 9.59 Å². The van der Waals surface area contributed by atoms with Crippen LogP contribution in [0.1, 0.15) is 34.8 Å². The molecule has 1 fully saturated rings. The van der Waals surface area contributed by atoms with Crippen LogP contribution in [0.5, 0.6) is 0 Å². The van der Waals surface area contributed by atoms with Crippen LogP contribution >= 0.6 is 0 Å². The lowest BCUT2D eigenvalue weighted by Gasteiger charge is -2.32. The van der Waals surface area contributed by atoms with Crippen molar-refractivity contribution < 1.29 is 14.7 Å². The Morgan fingerprint density at radius 1 is 1.14 bits per heavy atom. The Morgan fingerprint density at radius 2 is 1.96 bits per heavy atom. The van der Waals surface area contributed by atoms with Crippen LogP contribution in [0.2, 0.25) is 0 Å². The zero-order valence-electron chi connectivity index (χ0n) is 15.3. The van der Waals surface area contributed by atoms with Crippen LogP contribution in [0.25, 0.3) is 5.69 Å². The van der Waals surface area contributed by atoms with Gasteiger partial charge in [0.1, 0.15) is 6.54 Å². The van der Waals surface area contributed by atoms with Crippen LogP contribution in [0.3, 0.4) is 0 Å². The number of aliphatic carboxylic acids is 1. The van der Waals surface area contributed by atoms with Gasteiger partial charge in [0.2, 0.25) is 0 Å². The Hall–Kier alpha value is -3.42. The molecule has 0 radical (unpaired) electrons. The Balaban J connectivity index is 1.44. The Morgan fingerprint density at radius 3 is 2.68 bits per heavy atom. The van der Waals surface area contributed by atoms with Crippen molar-refractivity contribution in [2.24, 2.45) is 0 Å². The molecular formula is C20H21N5O3. The number of nitrogens with zero attached hydrogens (tertiary/aromatic N) is 5. The number of carbonyl (C=O) groups is 2. The maximum absolute atomic E-state index is 12.9. The molecule has 1 atom stereocenters. The van der Waals surface area contributed by atoms with Crippen molar-refractivity contribution in [1.29, 1.82) is 0 Å². The van der Waals surface area contributed by atoms with Crippen molar-refractivity contribution in [3.05, 3.63) is 66.5 Å². The van der Waals surface area contributed by atoms with E-state index in [2.05, 4.69) is 10.1 Å². The maximum Gasteiger partial charge on any atom is 0.325 e. The second-order valence-corrected chi connectivity index (χ2v) is 6.94. The van der Waals surface area contributed by atoms with Crippen molar-refractivity contribution in [1.82, 2.24) is 24.2 Å². The molecule has 0 spiro atoms. The van der Waals surface area contributed by atoms with Gasteiger partial charge in [0.15, 0.2) is 0 Å². The molecule has 0 bridgehead atoms. The monoisotopic (exact) mass is 379 g/mol. The van der Waals surface area contributed by atoms with Gasteiger partial charge in [-0.3, -0.25) is 14.3 Å². The first-order valence-corrected chi connectivity index (χ1v) is 9.23. The number of carbonyl (C=O) groups excluding carboxylic acids is 1. The highest BCUT2D eigenvalue weighted by molar-refractivity contribution is 5.94. The van der Waals surface area contributed by atoms with Gasteiger partial charge in [-0.05, 0) is 43.2 Å². The van der Waals surface area contributed by atoms with Gasteiger partial charge in [-0.2, -0.15) is 5.10 Å². The summed E-state index contributed by atoms with van der Waals surface area (Å²) >= 11 is 0. The fraction of sp³-hybridized carbons (Fsp3) is 0.300. The van der Waals surface area contributed by atoms with Crippen LogP contribution in [0.15, 0.2) is 55.2 Å². The molecule has 3 aromatic rings. The van der Waals surface area contributed by atoms with E-state index in [0.717, 1.165) is 24.2 Å². The lowest BCUT2D eigenvalue weighted by atomic mass is 9.94. The number of aromatic nitrogens is 4. The summed E-state index contributed by atoms with van der Waals surface area (Å²) < 4.78 is 3.31. The van der Waals surface area contributed by atoms with E-state index in [-0.39, 0.29) is 18.4 Å². The van der Waals surface area contributed by atoms with Crippen LogP contribution in [0, 0.1) is 0 Å². The molecule has 1 aromatic carbocycles. The van der Waals surface area contributed by atoms with E-state index in [1.165, 1.54) is 4.68 Å². The van der Waals surface area contributed by atoms with Crippen LogP contribution < -0.4 is 0 Å². The van der Waals surface area contributed by atoms with Crippen LogP contribution in [-0.4, -0.2) is 54.3 Å². The summed E-state index contributed by atoms with van der Waals surface area (Å²) in [6.07, 6.45) is 8.80. The van der Waals surface area contributed by atoms with Gasteiger partial charge in [-0.25, -0.2) is 4.98 Å². The highest BCUT2D eigenvalue weighted by Crippen LogP contribution is 2.26. The normalized spacial score (nSPS) is 16.9. The smallest absolute Gasteiger partial charge is 0.325 e. The van der Waals surface area contributed by atoms with Gasteiger partial charge >= 0.3 is 5.97 Å². The summed E-state index contributed by atoms with van der Waals surface area (Å²) in [5, 5.41) is 13.3. The van der Waals surface area contributed by atoms with E-state index < -0.39 is 5.97 Å². The molecule has 0 unspecified atom stereocenters. The first-order chi connectivity index (χ1) is 13.6. The zero-order chi connectivity index (χ0) is 19.5. The molecule has 1 N–H and O–H groups in total. The van der Waals surface area contributed by atoms with Gasteiger partial charge in [0, 0.05) is 48.8 Å². The number of likely N-dealkylation sites (tertiary alicyclic amines) is 1. The molecule has 3 heterocycles. The molecule has 28 heavy (non-hydrogen) atoms. The molecule has 1 saturated heterocycles. The van der Waals surface area contributed by atoms with Gasteiger partial charge in [0.25, 0.3) is 5.91 Å². The molecule has 0 saturated carbocycles. The quantitative estimate of drug-likeness (QED) is 0.733. The fourth-order valence-corrected chi connectivity index (χ4v) is 3.60. The number of carboxylic acid groups (broad SMARTS) is 1. The number of piperidine rings is 1. The third-order valence-electron chi connectivity index (χ3n) is 5.00. The average molecular weight is 379 g/mol.